The molecule has 0 aromatic heterocycles. The average molecular weight is 361 g/mol. The lowest BCUT2D eigenvalue weighted by Gasteiger charge is -2.36. The Balaban J connectivity index is 2.05. The van der Waals surface area contributed by atoms with Gasteiger partial charge in [-0.2, -0.15) is 4.31 Å². The van der Waals surface area contributed by atoms with Crippen molar-refractivity contribution in [3.63, 3.8) is 0 Å². The molecule has 134 valence electrons. The summed E-state index contributed by atoms with van der Waals surface area (Å²) in [6, 6.07) is 15.3. The summed E-state index contributed by atoms with van der Waals surface area (Å²) >= 11 is 0. The van der Waals surface area contributed by atoms with Crippen molar-refractivity contribution in [3.8, 4) is 5.75 Å². The fourth-order valence-electron chi connectivity index (χ4n) is 3.28. The van der Waals surface area contributed by atoms with Gasteiger partial charge in [-0.15, -0.1) is 0 Å². The highest BCUT2D eigenvalue weighted by Gasteiger charge is 2.36. The minimum Gasteiger partial charge on any atom is -0.497 e. The molecule has 1 aliphatic rings. The van der Waals surface area contributed by atoms with Crippen LogP contribution in [-0.2, 0) is 21.2 Å². The van der Waals surface area contributed by atoms with Gasteiger partial charge in [-0.25, -0.2) is 8.42 Å². The molecule has 1 aliphatic heterocycles. The van der Waals surface area contributed by atoms with Crippen LogP contribution in [0.5, 0.6) is 5.75 Å². The Morgan fingerprint density at radius 3 is 2.48 bits per heavy atom. The molecular formula is C19H23NO4S. The lowest BCUT2D eigenvalue weighted by atomic mass is 9.90. The molecule has 0 spiro atoms. The van der Waals surface area contributed by atoms with Crippen molar-refractivity contribution in [2.45, 2.75) is 12.5 Å². The van der Waals surface area contributed by atoms with Crippen LogP contribution < -0.4 is 4.74 Å². The number of fused-ring (bicyclic) bond motifs is 1. The van der Waals surface area contributed by atoms with E-state index in [2.05, 4.69) is 6.07 Å². The van der Waals surface area contributed by atoms with Crippen molar-refractivity contribution >= 4 is 10.0 Å². The zero-order valence-electron chi connectivity index (χ0n) is 14.5. The molecule has 0 saturated carbocycles. The molecule has 0 amide bonds. The third-order valence-corrected chi connectivity index (χ3v) is 6.36. The zero-order chi connectivity index (χ0) is 17.9. The number of sulfonamides is 1. The Morgan fingerprint density at radius 1 is 1.08 bits per heavy atom. The lowest BCUT2D eigenvalue weighted by Crippen LogP contribution is -2.42. The molecular weight excluding hydrogens is 338 g/mol. The number of nitrogens with zero attached hydrogens (tertiary/aromatic N) is 1. The molecule has 0 radical (unpaired) electrons. The second kappa shape index (κ2) is 7.56. The van der Waals surface area contributed by atoms with E-state index in [1.807, 2.05) is 42.5 Å². The van der Waals surface area contributed by atoms with Gasteiger partial charge in [0, 0.05) is 13.7 Å². The lowest BCUT2D eigenvalue weighted by molar-refractivity contribution is 0.214. The van der Waals surface area contributed by atoms with Crippen molar-refractivity contribution in [1.82, 2.24) is 4.31 Å². The molecule has 2 aromatic carbocycles. The number of methoxy groups -OCH3 is 2. The summed E-state index contributed by atoms with van der Waals surface area (Å²) in [4.78, 5) is 0. The molecule has 0 saturated heterocycles. The van der Waals surface area contributed by atoms with Crippen molar-refractivity contribution in [2.75, 3.05) is 33.1 Å². The SMILES string of the molecule is COCCS(=O)(=O)N1CCc2ccccc2C1c1ccc(OC)cc1. The van der Waals surface area contributed by atoms with E-state index in [0.29, 0.717) is 6.54 Å². The van der Waals surface area contributed by atoms with Crippen LogP contribution >= 0.6 is 0 Å². The van der Waals surface area contributed by atoms with Crippen LogP contribution in [0.2, 0.25) is 0 Å². The largest absolute Gasteiger partial charge is 0.497 e. The monoisotopic (exact) mass is 361 g/mol. The molecule has 3 rings (SSSR count). The zero-order valence-corrected chi connectivity index (χ0v) is 15.3. The molecule has 1 atom stereocenters. The van der Waals surface area contributed by atoms with Crippen molar-refractivity contribution in [1.29, 1.82) is 0 Å². The number of ether oxygens (including phenoxy) is 2. The van der Waals surface area contributed by atoms with Crippen LogP contribution in [0.3, 0.4) is 0 Å². The highest BCUT2D eigenvalue weighted by molar-refractivity contribution is 7.89. The van der Waals surface area contributed by atoms with Gasteiger partial charge in [-0.1, -0.05) is 36.4 Å². The third-order valence-electron chi connectivity index (χ3n) is 4.57. The molecule has 0 fully saturated rings. The first kappa shape index (κ1) is 17.9. The summed E-state index contributed by atoms with van der Waals surface area (Å²) in [5.41, 5.74) is 3.18. The maximum absolute atomic E-state index is 12.9. The van der Waals surface area contributed by atoms with E-state index in [4.69, 9.17) is 9.47 Å². The van der Waals surface area contributed by atoms with Gasteiger partial charge in [-0.3, -0.25) is 0 Å². The molecule has 2 aromatic rings. The molecule has 0 bridgehead atoms. The van der Waals surface area contributed by atoms with E-state index >= 15 is 0 Å². The minimum absolute atomic E-state index is 0.0156. The van der Waals surface area contributed by atoms with Crippen molar-refractivity contribution < 1.29 is 17.9 Å². The van der Waals surface area contributed by atoms with E-state index in [-0.39, 0.29) is 18.4 Å². The molecule has 1 heterocycles. The van der Waals surface area contributed by atoms with E-state index in [0.717, 1.165) is 23.3 Å². The van der Waals surface area contributed by atoms with Gasteiger partial charge in [0.25, 0.3) is 0 Å². The molecule has 5 nitrogen and oxygen atoms in total. The van der Waals surface area contributed by atoms with Crippen LogP contribution in [-0.4, -0.2) is 45.8 Å². The summed E-state index contributed by atoms with van der Waals surface area (Å²) in [6.45, 7) is 0.662. The molecule has 25 heavy (non-hydrogen) atoms. The Kier molecular flexibility index (Phi) is 5.42. The summed E-state index contributed by atoms with van der Waals surface area (Å²) in [5, 5.41) is 0. The van der Waals surface area contributed by atoms with Crippen LogP contribution in [0.4, 0.5) is 0 Å². The maximum Gasteiger partial charge on any atom is 0.217 e. The predicted molar refractivity (Wildman–Crippen MR) is 97.4 cm³/mol. The second-order valence-corrected chi connectivity index (χ2v) is 8.09. The fraction of sp³-hybridized carbons (Fsp3) is 0.368. The Bertz CT molecular complexity index is 818. The second-order valence-electron chi connectivity index (χ2n) is 6.04. The van der Waals surface area contributed by atoms with E-state index < -0.39 is 10.0 Å². The Hall–Kier alpha value is -1.89. The molecule has 0 aliphatic carbocycles. The molecule has 1 unspecified atom stereocenters. The van der Waals surface area contributed by atoms with E-state index in [9.17, 15) is 8.42 Å². The van der Waals surface area contributed by atoms with Gasteiger partial charge in [0.15, 0.2) is 0 Å². The Labute approximate surface area is 149 Å². The highest BCUT2D eigenvalue weighted by atomic mass is 32.2. The van der Waals surface area contributed by atoms with Gasteiger partial charge < -0.3 is 9.47 Å². The van der Waals surface area contributed by atoms with Gasteiger partial charge in [0.1, 0.15) is 5.75 Å². The number of rotatable bonds is 6. The number of hydrogen-bond donors (Lipinski definition) is 0. The third kappa shape index (κ3) is 3.71. The number of hydrogen-bond acceptors (Lipinski definition) is 4. The van der Waals surface area contributed by atoms with Crippen LogP contribution in [0.1, 0.15) is 22.7 Å². The summed E-state index contributed by atoms with van der Waals surface area (Å²) < 4.78 is 37.6. The number of benzene rings is 2. The van der Waals surface area contributed by atoms with Crippen LogP contribution in [0.15, 0.2) is 48.5 Å². The maximum atomic E-state index is 12.9. The summed E-state index contributed by atoms with van der Waals surface area (Å²) in [7, 11) is -0.291. The van der Waals surface area contributed by atoms with Crippen molar-refractivity contribution in [2.24, 2.45) is 0 Å². The smallest absolute Gasteiger partial charge is 0.217 e. The highest BCUT2D eigenvalue weighted by Crippen LogP contribution is 2.37. The van der Waals surface area contributed by atoms with Crippen LogP contribution in [0, 0.1) is 0 Å². The quantitative estimate of drug-likeness (QED) is 0.794. The van der Waals surface area contributed by atoms with E-state index in [1.54, 1.807) is 11.4 Å². The fourth-order valence-corrected chi connectivity index (χ4v) is 4.82. The first-order valence-electron chi connectivity index (χ1n) is 8.27. The predicted octanol–water partition coefficient (Wildman–Crippen LogP) is 2.62. The van der Waals surface area contributed by atoms with E-state index in [1.165, 1.54) is 12.7 Å². The standard InChI is InChI=1S/C19H23NO4S/c1-23-13-14-25(21,22)20-12-11-15-5-3-4-6-18(15)19(20)16-7-9-17(24-2)10-8-16/h3-10,19H,11-14H2,1-2H3. The summed E-state index contributed by atoms with van der Waals surface area (Å²) in [5.74, 6) is 0.736. The first-order valence-corrected chi connectivity index (χ1v) is 9.88. The average Bonchev–Trinajstić information content (AvgIpc) is 2.65. The first-order chi connectivity index (χ1) is 12.1. The molecule has 6 heteroatoms. The van der Waals surface area contributed by atoms with Crippen LogP contribution in [0.25, 0.3) is 0 Å². The topological polar surface area (TPSA) is 55.8 Å². The van der Waals surface area contributed by atoms with Crippen molar-refractivity contribution in [3.05, 3.63) is 65.2 Å². The van der Waals surface area contributed by atoms with Gasteiger partial charge in [-0.05, 0) is 35.2 Å². The Morgan fingerprint density at radius 2 is 1.80 bits per heavy atom. The van der Waals surface area contributed by atoms with Gasteiger partial charge in [0.05, 0.1) is 25.5 Å². The van der Waals surface area contributed by atoms with Gasteiger partial charge >= 0.3 is 0 Å². The minimum atomic E-state index is -3.42. The summed E-state index contributed by atoms with van der Waals surface area (Å²) in [6.07, 6.45) is 0.717. The normalized spacial score (nSPS) is 17.9. The van der Waals surface area contributed by atoms with Gasteiger partial charge in [0.2, 0.25) is 10.0 Å². The molecule has 0 N–H and O–H groups in total.